The van der Waals surface area contributed by atoms with E-state index in [1.165, 1.54) is 0 Å². The number of carbonyl (C=O) groups excluding carboxylic acids is 1. The highest BCUT2D eigenvalue weighted by Crippen LogP contribution is 2.29. The highest BCUT2D eigenvalue weighted by molar-refractivity contribution is 9.10. The van der Waals surface area contributed by atoms with E-state index >= 15 is 0 Å². The van der Waals surface area contributed by atoms with Crippen molar-refractivity contribution in [1.82, 2.24) is 5.43 Å². The maximum atomic E-state index is 11.7. The van der Waals surface area contributed by atoms with E-state index < -0.39 is 0 Å². The van der Waals surface area contributed by atoms with Crippen molar-refractivity contribution in [3.05, 3.63) is 50.6 Å². The smallest absolute Gasteiger partial charge is 0.277 e. The number of hydrogen-bond acceptors (Lipinski definition) is 4. The number of rotatable bonds is 6. The van der Waals surface area contributed by atoms with Crippen LogP contribution in [-0.4, -0.2) is 18.7 Å². The van der Waals surface area contributed by atoms with Crippen LogP contribution in [0.3, 0.4) is 0 Å². The Morgan fingerprint density at radius 1 is 1.45 bits per heavy atom. The molecule has 4 nitrogen and oxygen atoms in total. The van der Waals surface area contributed by atoms with Gasteiger partial charge in [-0.05, 0) is 41.1 Å². The molecule has 0 unspecified atom stereocenters. The quantitative estimate of drug-likeness (QED) is 0.603. The van der Waals surface area contributed by atoms with Crippen molar-refractivity contribution in [1.29, 1.82) is 0 Å². The lowest BCUT2D eigenvalue weighted by atomic mass is 10.0. The Labute approximate surface area is 142 Å². The zero-order valence-electron chi connectivity index (χ0n) is 12.4. The van der Waals surface area contributed by atoms with Gasteiger partial charge in [0.25, 0.3) is 5.91 Å². The molecule has 0 aliphatic carbocycles. The molecular weight excluding hydrogens is 364 g/mol. The minimum absolute atomic E-state index is 0.0663. The van der Waals surface area contributed by atoms with Crippen molar-refractivity contribution < 1.29 is 9.53 Å². The molecule has 0 atom stereocenters. The number of benzene rings is 1. The zero-order chi connectivity index (χ0) is 15.9. The average Bonchev–Trinajstić information content (AvgIpc) is 2.99. The molecule has 0 saturated carbocycles. The third kappa shape index (κ3) is 4.96. The fourth-order valence-electron chi connectivity index (χ4n) is 1.81. The molecule has 6 heteroatoms. The normalized spacial score (nSPS) is 11.1. The van der Waals surface area contributed by atoms with Crippen LogP contribution >= 0.6 is 27.3 Å². The maximum Gasteiger partial charge on any atom is 0.277 e. The Bertz CT molecular complexity index is 654. The van der Waals surface area contributed by atoms with Crippen LogP contribution in [0.2, 0.25) is 0 Å². The molecule has 2 rings (SSSR count). The minimum Gasteiger partial charge on any atom is -0.483 e. The van der Waals surface area contributed by atoms with Crippen LogP contribution in [0.15, 0.2) is 45.3 Å². The molecule has 0 bridgehead atoms. The van der Waals surface area contributed by atoms with Gasteiger partial charge < -0.3 is 4.74 Å². The summed E-state index contributed by atoms with van der Waals surface area (Å²) in [6, 6.07) is 9.62. The molecule has 1 heterocycles. The van der Waals surface area contributed by atoms with Crippen molar-refractivity contribution in [2.24, 2.45) is 5.10 Å². The van der Waals surface area contributed by atoms with E-state index in [4.69, 9.17) is 4.74 Å². The van der Waals surface area contributed by atoms with E-state index in [1.807, 2.05) is 35.7 Å². The van der Waals surface area contributed by atoms with Crippen molar-refractivity contribution in [2.75, 3.05) is 6.61 Å². The summed E-state index contributed by atoms with van der Waals surface area (Å²) < 4.78 is 6.59. The molecule has 0 radical (unpaired) electrons. The molecular formula is C16H17BrN2O2S. The Balaban J connectivity index is 1.88. The maximum absolute atomic E-state index is 11.7. The van der Waals surface area contributed by atoms with Crippen molar-refractivity contribution in [3.8, 4) is 5.75 Å². The molecule has 0 aliphatic heterocycles. The van der Waals surface area contributed by atoms with Crippen LogP contribution in [0.1, 0.15) is 30.2 Å². The predicted molar refractivity (Wildman–Crippen MR) is 93.8 cm³/mol. The minimum atomic E-state index is -0.287. The summed E-state index contributed by atoms with van der Waals surface area (Å²) in [6.45, 7) is 4.10. The Kier molecular flexibility index (Phi) is 6.15. The largest absolute Gasteiger partial charge is 0.483 e. The summed E-state index contributed by atoms with van der Waals surface area (Å²) >= 11 is 5.00. The standard InChI is InChI=1S/C16H17BrN2O2S/c1-11(2)14-8-12(17)5-6-15(14)21-10-16(20)19-18-9-13-4-3-7-22-13/h3-9,11H,10H2,1-2H3,(H,19,20)/b18-9+. The van der Waals surface area contributed by atoms with Gasteiger partial charge in [-0.15, -0.1) is 11.3 Å². The monoisotopic (exact) mass is 380 g/mol. The lowest BCUT2D eigenvalue weighted by Crippen LogP contribution is -2.24. The molecule has 0 fully saturated rings. The fourth-order valence-corrected chi connectivity index (χ4v) is 2.77. The number of ether oxygens (including phenoxy) is 1. The van der Waals surface area contributed by atoms with Crippen LogP contribution in [-0.2, 0) is 4.79 Å². The first-order valence-corrected chi connectivity index (χ1v) is 8.51. The molecule has 2 aromatic rings. The fraction of sp³-hybridized carbons (Fsp3) is 0.250. The number of nitrogens with zero attached hydrogens (tertiary/aromatic N) is 1. The second-order valence-corrected chi connectivity index (χ2v) is 6.83. The van der Waals surface area contributed by atoms with Crippen LogP contribution in [0, 0.1) is 0 Å². The van der Waals surface area contributed by atoms with Gasteiger partial charge in [-0.1, -0.05) is 35.8 Å². The Hall–Kier alpha value is -1.66. The first-order chi connectivity index (χ1) is 10.6. The van der Waals surface area contributed by atoms with Gasteiger partial charge in [0.15, 0.2) is 6.61 Å². The zero-order valence-corrected chi connectivity index (χ0v) is 14.8. The molecule has 0 aliphatic rings. The highest BCUT2D eigenvalue weighted by Gasteiger charge is 2.10. The van der Waals surface area contributed by atoms with E-state index in [0.717, 1.165) is 20.7 Å². The number of thiophene rings is 1. The molecule has 0 saturated heterocycles. The predicted octanol–water partition coefficient (Wildman–Crippen LogP) is 4.16. The van der Waals surface area contributed by atoms with Gasteiger partial charge in [-0.2, -0.15) is 5.10 Å². The van der Waals surface area contributed by atoms with Crippen LogP contribution < -0.4 is 10.2 Å². The second-order valence-electron chi connectivity index (χ2n) is 4.93. The highest BCUT2D eigenvalue weighted by atomic mass is 79.9. The Morgan fingerprint density at radius 2 is 2.27 bits per heavy atom. The summed E-state index contributed by atoms with van der Waals surface area (Å²) in [5.74, 6) is 0.744. The summed E-state index contributed by atoms with van der Waals surface area (Å²) in [7, 11) is 0. The third-order valence-corrected chi connectivity index (χ3v) is 4.18. The van der Waals surface area contributed by atoms with Gasteiger partial charge in [-0.3, -0.25) is 4.79 Å². The average molecular weight is 381 g/mol. The first-order valence-electron chi connectivity index (χ1n) is 6.84. The van der Waals surface area contributed by atoms with E-state index in [-0.39, 0.29) is 12.5 Å². The van der Waals surface area contributed by atoms with Gasteiger partial charge in [-0.25, -0.2) is 5.43 Å². The van der Waals surface area contributed by atoms with E-state index in [9.17, 15) is 4.79 Å². The van der Waals surface area contributed by atoms with Crippen molar-refractivity contribution in [3.63, 3.8) is 0 Å². The number of amides is 1. The van der Waals surface area contributed by atoms with Gasteiger partial charge in [0.05, 0.1) is 6.21 Å². The molecule has 1 N–H and O–H groups in total. The van der Waals surface area contributed by atoms with Crippen LogP contribution in [0.25, 0.3) is 0 Å². The summed E-state index contributed by atoms with van der Waals surface area (Å²) in [5, 5.41) is 5.85. The van der Waals surface area contributed by atoms with Crippen molar-refractivity contribution >= 4 is 39.4 Å². The third-order valence-electron chi connectivity index (χ3n) is 2.88. The van der Waals surface area contributed by atoms with Gasteiger partial charge in [0.2, 0.25) is 0 Å². The van der Waals surface area contributed by atoms with Gasteiger partial charge in [0, 0.05) is 9.35 Å². The lowest BCUT2D eigenvalue weighted by Gasteiger charge is -2.13. The van der Waals surface area contributed by atoms with Crippen molar-refractivity contribution in [2.45, 2.75) is 19.8 Å². The summed E-state index contributed by atoms with van der Waals surface area (Å²) in [4.78, 5) is 12.7. The molecule has 1 amide bonds. The molecule has 0 spiro atoms. The second kappa shape index (κ2) is 8.10. The SMILES string of the molecule is CC(C)c1cc(Br)ccc1OCC(=O)N/N=C/c1cccs1. The molecule has 1 aromatic heterocycles. The number of nitrogens with one attached hydrogen (secondary N) is 1. The summed E-state index contributed by atoms with van der Waals surface area (Å²) in [5.41, 5.74) is 3.51. The van der Waals surface area contributed by atoms with Gasteiger partial charge >= 0.3 is 0 Å². The van der Waals surface area contributed by atoms with E-state index in [2.05, 4.69) is 40.3 Å². The molecule has 1 aromatic carbocycles. The van der Waals surface area contributed by atoms with E-state index in [0.29, 0.717) is 5.92 Å². The van der Waals surface area contributed by atoms with E-state index in [1.54, 1.807) is 17.6 Å². The molecule has 116 valence electrons. The van der Waals surface area contributed by atoms with Gasteiger partial charge in [0.1, 0.15) is 5.75 Å². The number of hydrazone groups is 1. The Morgan fingerprint density at radius 3 is 2.95 bits per heavy atom. The first kappa shape index (κ1) is 16.7. The van der Waals surface area contributed by atoms with Crippen LogP contribution in [0.5, 0.6) is 5.75 Å². The lowest BCUT2D eigenvalue weighted by molar-refractivity contribution is -0.123. The topological polar surface area (TPSA) is 50.7 Å². The number of halogens is 1. The van der Waals surface area contributed by atoms with Crippen LogP contribution in [0.4, 0.5) is 0 Å². The number of carbonyl (C=O) groups is 1. The molecule has 22 heavy (non-hydrogen) atoms. The summed E-state index contributed by atoms with van der Waals surface area (Å²) in [6.07, 6.45) is 1.61. The number of hydrogen-bond donors (Lipinski definition) is 1.